The van der Waals surface area contributed by atoms with Gasteiger partial charge in [0, 0.05) is 29.0 Å². The van der Waals surface area contributed by atoms with Crippen LogP contribution in [0.3, 0.4) is 0 Å². The molecule has 0 saturated heterocycles. The van der Waals surface area contributed by atoms with E-state index >= 15 is 0 Å². The number of aryl methyl sites for hydroxylation is 4. The van der Waals surface area contributed by atoms with Gasteiger partial charge in [-0.15, -0.1) is 22.7 Å². The van der Waals surface area contributed by atoms with E-state index in [0.717, 1.165) is 54.7 Å². The van der Waals surface area contributed by atoms with Crippen molar-refractivity contribution in [1.29, 1.82) is 0 Å². The lowest BCUT2D eigenvalue weighted by Gasteiger charge is -2.10. The van der Waals surface area contributed by atoms with Crippen molar-refractivity contribution in [2.45, 2.75) is 53.5 Å². The van der Waals surface area contributed by atoms with Crippen molar-refractivity contribution in [3.05, 3.63) is 31.7 Å². The van der Waals surface area contributed by atoms with Gasteiger partial charge in [0.2, 0.25) is 0 Å². The maximum Gasteiger partial charge on any atom is 0.191 e. The number of nitrogens with zero attached hydrogens (tertiary/aromatic N) is 3. The van der Waals surface area contributed by atoms with E-state index in [4.69, 9.17) is 0 Å². The van der Waals surface area contributed by atoms with Gasteiger partial charge in [0.1, 0.15) is 0 Å². The van der Waals surface area contributed by atoms with E-state index in [2.05, 4.69) is 44.8 Å². The normalized spacial score (nSPS) is 11.8. The number of aromatic nitrogens is 2. The maximum absolute atomic E-state index is 4.67. The molecule has 24 heavy (non-hydrogen) atoms. The highest BCUT2D eigenvalue weighted by Crippen LogP contribution is 2.17. The Morgan fingerprint density at radius 2 is 2.00 bits per heavy atom. The molecule has 2 heterocycles. The van der Waals surface area contributed by atoms with Crippen LogP contribution in [0.15, 0.2) is 10.4 Å². The molecule has 2 aromatic rings. The second-order valence-electron chi connectivity index (χ2n) is 5.70. The number of hydrogen-bond donors (Lipinski definition) is 2. The van der Waals surface area contributed by atoms with Crippen LogP contribution in [0.4, 0.5) is 0 Å². The Morgan fingerprint density at radius 3 is 2.62 bits per heavy atom. The van der Waals surface area contributed by atoms with E-state index < -0.39 is 0 Å². The number of guanidine groups is 1. The average Bonchev–Trinajstić information content (AvgIpc) is 3.09. The van der Waals surface area contributed by atoms with Gasteiger partial charge in [-0.05, 0) is 47.0 Å². The number of hydrogen-bond acceptors (Lipinski definition) is 5. The Hall–Kier alpha value is -1.47. The van der Waals surface area contributed by atoms with Gasteiger partial charge in [-0.25, -0.2) is 15.0 Å². The molecule has 0 aliphatic carbocycles. The molecule has 2 rings (SSSR count). The lowest BCUT2D eigenvalue weighted by atomic mass is 10.2. The third-order valence-electron chi connectivity index (χ3n) is 3.50. The average molecular weight is 366 g/mol. The van der Waals surface area contributed by atoms with Crippen LogP contribution in [0.5, 0.6) is 0 Å². The Bertz CT molecular complexity index is 660. The molecular formula is C17H27N5S2. The van der Waals surface area contributed by atoms with Crippen molar-refractivity contribution in [2.75, 3.05) is 13.1 Å². The van der Waals surface area contributed by atoms with E-state index in [1.807, 2.05) is 13.8 Å². The molecule has 0 aliphatic rings. The van der Waals surface area contributed by atoms with Gasteiger partial charge in [0.15, 0.2) is 5.96 Å². The first-order chi connectivity index (χ1) is 11.6. The molecular weight excluding hydrogens is 338 g/mol. The number of aliphatic imine (C=N–C) groups is 1. The van der Waals surface area contributed by atoms with Crippen LogP contribution in [0, 0.1) is 20.8 Å². The van der Waals surface area contributed by atoms with E-state index in [9.17, 15) is 0 Å². The minimum absolute atomic E-state index is 0.686. The summed E-state index contributed by atoms with van der Waals surface area (Å²) in [6, 6.07) is 0. The number of unbranched alkanes of at least 4 members (excludes halogenated alkanes) is 1. The van der Waals surface area contributed by atoms with Crippen LogP contribution in [0.25, 0.3) is 0 Å². The molecule has 0 unspecified atom stereocenters. The fourth-order valence-corrected chi connectivity index (χ4v) is 4.02. The lowest BCUT2D eigenvalue weighted by Crippen LogP contribution is -2.37. The van der Waals surface area contributed by atoms with Crippen LogP contribution in [0.1, 0.15) is 46.0 Å². The Labute approximate surface area is 152 Å². The molecule has 5 nitrogen and oxygen atoms in total. The third-order valence-corrected chi connectivity index (χ3v) is 5.59. The molecule has 0 radical (unpaired) electrons. The summed E-state index contributed by atoms with van der Waals surface area (Å²) in [5.74, 6) is 0.882. The van der Waals surface area contributed by atoms with E-state index in [1.165, 1.54) is 9.88 Å². The van der Waals surface area contributed by atoms with Crippen molar-refractivity contribution in [2.24, 2.45) is 4.99 Å². The Morgan fingerprint density at radius 1 is 1.17 bits per heavy atom. The zero-order valence-electron chi connectivity index (χ0n) is 15.0. The summed E-state index contributed by atoms with van der Waals surface area (Å²) in [6.45, 7) is 10.7. The SMILES string of the molecule is CCNC(=NCc1sc(C)nc1C)NCCCCc1nc(C)cs1. The number of nitrogens with one attached hydrogen (secondary N) is 2. The molecule has 7 heteroatoms. The quantitative estimate of drug-likeness (QED) is 0.426. The first kappa shape index (κ1) is 18.9. The van der Waals surface area contributed by atoms with Crippen molar-refractivity contribution < 1.29 is 0 Å². The highest BCUT2D eigenvalue weighted by Gasteiger charge is 2.05. The minimum Gasteiger partial charge on any atom is -0.357 e. The number of rotatable bonds is 8. The van der Waals surface area contributed by atoms with Crippen molar-refractivity contribution in [1.82, 2.24) is 20.6 Å². The van der Waals surface area contributed by atoms with Crippen molar-refractivity contribution in [3.63, 3.8) is 0 Å². The molecule has 132 valence electrons. The summed E-state index contributed by atoms with van der Waals surface area (Å²) in [5, 5.41) is 11.2. The molecule has 0 amide bonds. The predicted molar refractivity (Wildman–Crippen MR) is 104 cm³/mol. The second kappa shape index (κ2) is 9.74. The fraction of sp³-hybridized carbons (Fsp3) is 0.588. The van der Waals surface area contributed by atoms with Gasteiger partial charge in [-0.3, -0.25) is 0 Å². The highest BCUT2D eigenvalue weighted by atomic mass is 32.1. The summed E-state index contributed by atoms with van der Waals surface area (Å²) in [5.41, 5.74) is 2.22. The van der Waals surface area contributed by atoms with Gasteiger partial charge < -0.3 is 10.6 Å². The van der Waals surface area contributed by atoms with E-state index in [1.54, 1.807) is 22.7 Å². The van der Waals surface area contributed by atoms with Crippen LogP contribution in [0.2, 0.25) is 0 Å². The van der Waals surface area contributed by atoms with Crippen molar-refractivity contribution in [3.8, 4) is 0 Å². The third kappa shape index (κ3) is 6.20. The fourth-order valence-electron chi connectivity index (χ4n) is 2.34. The van der Waals surface area contributed by atoms with E-state index in [-0.39, 0.29) is 0 Å². The topological polar surface area (TPSA) is 62.2 Å². The van der Waals surface area contributed by atoms with Crippen LogP contribution in [-0.4, -0.2) is 29.0 Å². The summed E-state index contributed by atoms with van der Waals surface area (Å²) >= 11 is 3.49. The maximum atomic E-state index is 4.67. The molecule has 0 spiro atoms. The predicted octanol–water partition coefficient (Wildman–Crippen LogP) is 3.60. The lowest BCUT2D eigenvalue weighted by molar-refractivity contribution is 0.692. The number of thiazole rings is 2. The molecule has 0 aromatic carbocycles. The molecule has 0 saturated carbocycles. The Balaban J connectivity index is 1.74. The molecule has 0 fully saturated rings. The van der Waals surface area contributed by atoms with Crippen LogP contribution in [-0.2, 0) is 13.0 Å². The van der Waals surface area contributed by atoms with Crippen LogP contribution >= 0.6 is 22.7 Å². The smallest absolute Gasteiger partial charge is 0.191 e. The van der Waals surface area contributed by atoms with Gasteiger partial charge in [0.05, 0.1) is 22.3 Å². The van der Waals surface area contributed by atoms with Gasteiger partial charge in [0.25, 0.3) is 0 Å². The first-order valence-electron chi connectivity index (χ1n) is 8.44. The standard InChI is InChI=1S/C17H27N5S2/c1-5-18-17(20-10-15-13(3)22-14(4)24-15)19-9-7-6-8-16-21-12(2)11-23-16/h11H,5-10H2,1-4H3,(H2,18,19,20). The first-order valence-corrected chi connectivity index (χ1v) is 10.1. The summed E-state index contributed by atoms with van der Waals surface area (Å²) in [4.78, 5) is 14.9. The monoisotopic (exact) mass is 365 g/mol. The second-order valence-corrected chi connectivity index (χ2v) is 7.93. The molecule has 0 atom stereocenters. The summed E-state index contributed by atoms with van der Waals surface area (Å²) < 4.78 is 0. The molecule has 0 aliphatic heterocycles. The largest absolute Gasteiger partial charge is 0.357 e. The summed E-state index contributed by atoms with van der Waals surface area (Å²) in [6.07, 6.45) is 3.32. The minimum atomic E-state index is 0.686. The highest BCUT2D eigenvalue weighted by molar-refractivity contribution is 7.11. The Kier molecular flexibility index (Phi) is 7.65. The van der Waals surface area contributed by atoms with Gasteiger partial charge in [-0.1, -0.05) is 0 Å². The van der Waals surface area contributed by atoms with E-state index in [0.29, 0.717) is 6.54 Å². The zero-order chi connectivity index (χ0) is 17.4. The van der Waals surface area contributed by atoms with Crippen molar-refractivity contribution >= 4 is 28.6 Å². The summed E-state index contributed by atoms with van der Waals surface area (Å²) in [7, 11) is 0. The molecule has 2 aromatic heterocycles. The van der Waals surface area contributed by atoms with Gasteiger partial charge >= 0.3 is 0 Å². The molecule has 2 N–H and O–H groups in total. The molecule has 0 bridgehead atoms. The van der Waals surface area contributed by atoms with Gasteiger partial charge in [-0.2, -0.15) is 0 Å². The van der Waals surface area contributed by atoms with Crippen LogP contribution < -0.4 is 10.6 Å². The zero-order valence-corrected chi connectivity index (χ0v) is 16.6.